The maximum absolute atomic E-state index is 12.2. The fraction of sp³-hybridized carbons (Fsp3) is 0.588. The number of amides is 1. The average molecular weight is 275 g/mol. The molecule has 0 spiro atoms. The molecule has 1 aliphatic rings. The fourth-order valence-electron chi connectivity index (χ4n) is 3.03. The van der Waals surface area contributed by atoms with E-state index in [1.54, 1.807) is 0 Å². The summed E-state index contributed by atoms with van der Waals surface area (Å²) in [5, 5.41) is 13.3. The van der Waals surface area contributed by atoms with Crippen molar-refractivity contribution in [2.45, 2.75) is 64.4 Å². The van der Waals surface area contributed by atoms with Gasteiger partial charge in [-0.1, -0.05) is 44.9 Å². The SMILES string of the molecule is Cc1cccc(C(C)C)c1NC(=O)CC1(O)CCCC1. The standard InChI is InChI=1S/C17H25NO2/c1-12(2)14-8-6-7-13(3)16(14)18-15(19)11-17(20)9-4-5-10-17/h6-8,12,20H,4-5,9-11H2,1-3H3,(H,18,19). The van der Waals surface area contributed by atoms with Crippen molar-refractivity contribution in [2.24, 2.45) is 0 Å². The van der Waals surface area contributed by atoms with Crippen molar-refractivity contribution in [1.82, 2.24) is 0 Å². The van der Waals surface area contributed by atoms with Crippen LogP contribution in [0.3, 0.4) is 0 Å². The second kappa shape index (κ2) is 5.96. The van der Waals surface area contributed by atoms with E-state index in [-0.39, 0.29) is 12.3 Å². The Morgan fingerprint density at radius 2 is 2.00 bits per heavy atom. The van der Waals surface area contributed by atoms with Gasteiger partial charge in [0, 0.05) is 5.69 Å². The van der Waals surface area contributed by atoms with Crippen molar-refractivity contribution in [2.75, 3.05) is 5.32 Å². The van der Waals surface area contributed by atoms with Gasteiger partial charge >= 0.3 is 0 Å². The van der Waals surface area contributed by atoms with Gasteiger partial charge in [-0.05, 0) is 36.8 Å². The Morgan fingerprint density at radius 3 is 2.60 bits per heavy atom. The van der Waals surface area contributed by atoms with Crippen molar-refractivity contribution in [1.29, 1.82) is 0 Å². The first-order chi connectivity index (χ1) is 9.41. The summed E-state index contributed by atoms with van der Waals surface area (Å²) < 4.78 is 0. The van der Waals surface area contributed by atoms with Gasteiger partial charge < -0.3 is 10.4 Å². The molecule has 0 bridgehead atoms. The summed E-state index contributed by atoms with van der Waals surface area (Å²) >= 11 is 0. The van der Waals surface area contributed by atoms with Crippen LogP contribution in [0.2, 0.25) is 0 Å². The summed E-state index contributed by atoms with van der Waals surface area (Å²) in [6.07, 6.45) is 3.73. The van der Waals surface area contributed by atoms with Gasteiger partial charge in [-0.25, -0.2) is 0 Å². The number of para-hydroxylation sites is 1. The van der Waals surface area contributed by atoms with Gasteiger partial charge in [-0.3, -0.25) is 4.79 Å². The van der Waals surface area contributed by atoms with Crippen LogP contribution in [0.1, 0.15) is 63.0 Å². The number of hydrogen-bond acceptors (Lipinski definition) is 2. The summed E-state index contributed by atoms with van der Waals surface area (Å²) in [7, 11) is 0. The van der Waals surface area contributed by atoms with Crippen LogP contribution in [-0.2, 0) is 4.79 Å². The van der Waals surface area contributed by atoms with E-state index in [0.29, 0.717) is 5.92 Å². The number of hydrogen-bond donors (Lipinski definition) is 2. The summed E-state index contributed by atoms with van der Waals surface area (Å²) in [6, 6.07) is 6.08. The van der Waals surface area contributed by atoms with Crippen LogP contribution >= 0.6 is 0 Å². The minimum atomic E-state index is -0.787. The van der Waals surface area contributed by atoms with Gasteiger partial charge in [0.15, 0.2) is 0 Å². The molecule has 1 aromatic rings. The first kappa shape index (κ1) is 15.0. The summed E-state index contributed by atoms with van der Waals surface area (Å²) in [6.45, 7) is 6.25. The predicted molar refractivity (Wildman–Crippen MR) is 81.9 cm³/mol. The normalized spacial score (nSPS) is 17.4. The highest BCUT2D eigenvalue weighted by Gasteiger charge is 2.33. The highest BCUT2D eigenvalue weighted by molar-refractivity contribution is 5.93. The van der Waals surface area contributed by atoms with Gasteiger partial charge in [0.25, 0.3) is 0 Å². The fourth-order valence-corrected chi connectivity index (χ4v) is 3.03. The lowest BCUT2D eigenvalue weighted by atomic mass is 9.96. The smallest absolute Gasteiger partial charge is 0.227 e. The lowest BCUT2D eigenvalue weighted by Crippen LogP contribution is -2.31. The lowest BCUT2D eigenvalue weighted by Gasteiger charge is -2.22. The molecule has 0 atom stereocenters. The van der Waals surface area contributed by atoms with Crippen LogP contribution in [0.4, 0.5) is 5.69 Å². The summed E-state index contributed by atoms with van der Waals surface area (Å²) in [4.78, 5) is 12.2. The number of carbonyl (C=O) groups is 1. The topological polar surface area (TPSA) is 49.3 Å². The van der Waals surface area contributed by atoms with Crippen LogP contribution < -0.4 is 5.32 Å². The molecule has 110 valence electrons. The van der Waals surface area contributed by atoms with Gasteiger partial charge in [-0.15, -0.1) is 0 Å². The van der Waals surface area contributed by atoms with Crippen molar-refractivity contribution in [3.63, 3.8) is 0 Å². The van der Waals surface area contributed by atoms with E-state index in [1.807, 2.05) is 19.1 Å². The zero-order valence-electron chi connectivity index (χ0n) is 12.7. The lowest BCUT2D eigenvalue weighted by molar-refractivity contribution is -0.120. The Kier molecular flexibility index (Phi) is 4.48. The van der Waals surface area contributed by atoms with Crippen LogP contribution in [0.25, 0.3) is 0 Å². The maximum Gasteiger partial charge on any atom is 0.227 e. The third-order valence-corrected chi connectivity index (χ3v) is 4.22. The van der Waals surface area contributed by atoms with Crippen LogP contribution in [0, 0.1) is 6.92 Å². The van der Waals surface area contributed by atoms with Crippen LogP contribution in [-0.4, -0.2) is 16.6 Å². The van der Waals surface area contributed by atoms with Gasteiger partial charge in [-0.2, -0.15) is 0 Å². The third-order valence-electron chi connectivity index (χ3n) is 4.22. The number of anilines is 1. The molecule has 20 heavy (non-hydrogen) atoms. The molecular weight excluding hydrogens is 250 g/mol. The Morgan fingerprint density at radius 1 is 1.35 bits per heavy atom. The zero-order valence-corrected chi connectivity index (χ0v) is 12.7. The number of aryl methyl sites for hydroxylation is 1. The molecule has 0 aromatic heterocycles. The largest absolute Gasteiger partial charge is 0.389 e. The van der Waals surface area contributed by atoms with Crippen LogP contribution in [0.15, 0.2) is 18.2 Å². The Hall–Kier alpha value is -1.35. The number of nitrogens with one attached hydrogen (secondary N) is 1. The zero-order chi connectivity index (χ0) is 14.8. The van der Waals surface area contributed by atoms with E-state index in [2.05, 4.69) is 25.2 Å². The molecule has 2 rings (SSSR count). The number of carbonyl (C=O) groups excluding carboxylic acids is 1. The molecule has 3 nitrogen and oxygen atoms in total. The highest BCUT2D eigenvalue weighted by Crippen LogP contribution is 2.33. The predicted octanol–water partition coefficient (Wildman–Crippen LogP) is 3.75. The van der Waals surface area contributed by atoms with Gasteiger partial charge in [0.2, 0.25) is 5.91 Å². The maximum atomic E-state index is 12.2. The highest BCUT2D eigenvalue weighted by atomic mass is 16.3. The first-order valence-corrected chi connectivity index (χ1v) is 7.53. The van der Waals surface area contributed by atoms with Crippen molar-refractivity contribution in [3.05, 3.63) is 29.3 Å². The summed E-state index contributed by atoms with van der Waals surface area (Å²) in [5.41, 5.74) is 2.35. The van der Waals surface area contributed by atoms with E-state index < -0.39 is 5.60 Å². The van der Waals surface area contributed by atoms with Crippen LogP contribution in [0.5, 0.6) is 0 Å². The molecule has 2 N–H and O–H groups in total. The van der Waals surface area contributed by atoms with Crippen molar-refractivity contribution >= 4 is 11.6 Å². The number of aliphatic hydroxyl groups is 1. The van der Waals surface area contributed by atoms with E-state index in [0.717, 1.165) is 42.5 Å². The van der Waals surface area contributed by atoms with E-state index in [9.17, 15) is 9.90 Å². The molecule has 0 saturated heterocycles. The molecule has 1 aliphatic carbocycles. The molecular formula is C17H25NO2. The molecule has 0 heterocycles. The second-order valence-electron chi connectivity index (χ2n) is 6.35. The Bertz CT molecular complexity index is 488. The number of rotatable bonds is 4. The molecule has 1 fully saturated rings. The minimum Gasteiger partial charge on any atom is -0.389 e. The molecule has 1 amide bonds. The van der Waals surface area contributed by atoms with Crippen molar-refractivity contribution in [3.8, 4) is 0 Å². The molecule has 3 heteroatoms. The molecule has 1 aromatic carbocycles. The second-order valence-corrected chi connectivity index (χ2v) is 6.35. The number of benzene rings is 1. The van der Waals surface area contributed by atoms with E-state index >= 15 is 0 Å². The average Bonchev–Trinajstić information content (AvgIpc) is 2.77. The monoisotopic (exact) mass is 275 g/mol. The first-order valence-electron chi connectivity index (χ1n) is 7.53. The molecule has 1 saturated carbocycles. The van der Waals surface area contributed by atoms with E-state index in [1.165, 1.54) is 0 Å². The Balaban J connectivity index is 2.11. The third kappa shape index (κ3) is 3.40. The van der Waals surface area contributed by atoms with Gasteiger partial charge in [0.1, 0.15) is 0 Å². The van der Waals surface area contributed by atoms with E-state index in [4.69, 9.17) is 0 Å². The molecule has 0 unspecified atom stereocenters. The van der Waals surface area contributed by atoms with Gasteiger partial charge in [0.05, 0.1) is 12.0 Å². The molecule has 0 aliphatic heterocycles. The quantitative estimate of drug-likeness (QED) is 0.879. The minimum absolute atomic E-state index is 0.0781. The Labute approximate surface area is 121 Å². The molecule has 0 radical (unpaired) electrons. The summed E-state index contributed by atoms with van der Waals surface area (Å²) in [5.74, 6) is 0.283. The van der Waals surface area contributed by atoms with Crippen molar-refractivity contribution < 1.29 is 9.90 Å².